The van der Waals surface area contributed by atoms with Gasteiger partial charge in [-0.3, -0.25) is 9.78 Å². The normalized spacial score (nSPS) is 26.6. The summed E-state index contributed by atoms with van der Waals surface area (Å²) >= 11 is 0. The van der Waals surface area contributed by atoms with E-state index in [1.54, 1.807) is 6.20 Å². The first kappa shape index (κ1) is 18.3. The van der Waals surface area contributed by atoms with Gasteiger partial charge in [0.25, 0.3) is 0 Å². The van der Waals surface area contributed by atoms with E-state index in [-0.39, 0.29) is 17.4 Å². The van der Waals surface area contributed by atoms with Gasteiger partial charge in [0, 0.05) is 43.7 Å². The van der Waals surface area contributed by atoms with E-state index in [4.69, 9.17) is 0 Å². The van der Waals surface area contributed by atoms with Crippen LogP contribution in [0.5, 0.6) is 0 Å². The lowest BCUT2D eigenvalue weighted by Crippen LogP contribution is -2.57. The minimum atomic E-state index is 0.0357. The van der Waals surface area contributed by atoms with Gasteiger partial charge in [0.2, 0.25) is 5.91 Å². The highest BCUT2D eigenvalue weighted by Gasteiger charge is 2.43. The molecular weight excluding hydrogens is 340 g/mol. The smallest absolute Gasteiger partial charge is 0.317 e. The van der Waals surface area contributed by atoms with Crippen LogP contribution < -0.4 is 5.32 Å². The number of piperidine rings is 2. The highest BCUT2D eigenvalue weighted by Crippen LogP contribution is 2.39. The van der Waals surface area contributed by atoms with Gasteiger partial charge < -0.3 is 15.1 Å². The molecule has 1 aromatic rings. The van der Waals surface area contributed by atoms with Gasteiger partial charge in [-0.25, -0.2) is 4.79 Å². The number of nitrogens with one attached hydrogen (secondary N) is 1. The van der Waals surface area contributed by atoms with Crippen LogP contribution >= 0.6 is 0 Å². The van der Waals surface area contributed by atoms with Crippen LogP contribution in [0.3, 0.4) is 0 Å². The molecule has 3 heterocycles. The van der Waals surface area contributed by atoms with Crippen LogP contribution in [0.1, 0.15) is 57.1 Å². The largest absolute Gasteiger partial charge is 0.336 e. The van der Waals surface area contributed by atoms with Crippen molar-refractivity contribution in [3.8, 4) is 0 Å². The quantitative estimate of drug-likeness (QED) is 0.890. The van der Waals surface area contributed by atoms with Gasteiger partial charge in [0.05, 0.1) is 12.2 Å². The molecule has 27 heavy (non-hydrogen) atoms. The van der Waals surface area contributed by atoms with E-state index in [9.17, 15) is 9.59 Å². The summed E-state index contributed by atoms with van der Waals surface area (Å²) in [5.74, 6) is 0.207. The minimum absolute atomic E-state index is 0.0357. The van der Waals surface area contributed by atoms with Crippen LogP contribution in [0.25, 0.3) is 0 Å². The van der Waals surface area contributed by atoms with Crippen LogP contribution in [0.15, 0.2) is 24.4 Å². The second-order valence-corrected chi connectivity index (χ2v) is 8.53. The maximum absolute atomic E-state index is 12.7. The number of urea groups is 1. The molecule has 0 aromatic carbocycles. The fourth-order valence-corrected chi connectivity index (χ4v) is 4.98. The van der Waals surface area contributed by atoms with E-state index in [1.807, 2.05) is 28.0 Å². The Balaban J connectivity index is 1.40. The molecular formula is C21H30N4O2. The average Bonchev–Trinajstić information content (AvgIpc) is 3.19. The van der Waals surface area contributed by atoms with E-state index in [1.165, 1.54) is 12.8 Å². The molecule has 6 heteroatoms. The van der Waals surface area contributed by atoms with Gasteiger partial charge in [0.1, 0.15) is 0 Å². The van der Waals surface area contributed by atoms with Crippen molar-refractivity contribution in [2.75, 3.05) is 19.6 Å². The predicted molar refractivity (Wildman–Crippen MR) is 103 cm³/mol. The zero-order chi connectivity index (χ0) is 18.7. The van der Waals surface area contributed by atoms with Crippen molar-refractivity contribution in [3.63, 3.8) is 0 Å². The number of aromatic nitrogens is 1. The maximum Gasteiger partial charge on any atom is 0.317 e. The van der Waals surface area contributed by atoms with Crippen LogP contribution in [0, 0.1) is 5.41 Å². The number of carbonyl (C=O) groups is 2. The molecule has 0 bridgehead atoms. The third-order valence-corrected chi connectivity index (χ3v) is 6.46. The summed E-state index contributed by atoms with van der Waals surface area (Å²) in [6, 6.07) is 6.27. The zero-order valence-electron chi connectivity index (χ0n) is 16.0. The summed E-state index contributed by atoms with van der Waals surface area (Å²) < 4.78 is 0. The Labute approximate surface area is 161 Å². The first-order chi connectivity index (χ1) is 13.1. The van der Waals surface area contributed by atoms with E-state index in [2.05, 4.69) is 10.3 Å². The summed E-state index contributed by atoms with van der Waals surface area (Å²) in [5.41, 5.74) is 0.961. The summed E-state index contributed by atoms with van der Waals surface area (Å²) in [4.78, 5) is 33.5. The van der Waals surface area contributed by atoms with E-state index < -0.39 is 0 Å². The van der Waals surface area contributed by atoms with Crippen molar-refractivity contribution in [3.05, 3.63) is 30.1 Å². The summed E-state index contributed by atoms with van der Waals surface area (Å²) in [5, 5.41) is 3.23. The zero-order valence-corrected chi connectivity index (χ0v) is 16.0. The van der Waals surface area contributed by atoms with Crippen molar-refractivity contribution in [2.45, 2.75) is 64.0 Å². The molecule has 1 saturated carbocycles. The van der Waals surface area contributed by atoms with Gasteiger partial charge in [-0.1, -0.05) is 18.9 Å². The number of rotatable bonds is 3. The molecule has 1 aromatic heterocycles. The van der Waals surface area contributed by atoms with Gasteiger partial charge >= 0.3 is 6.03 Å². The molecule has 2 saturated heterocycles. The first-order valence-electron chi connectivity index (χ1n) is 10.4. The number of hydrogen-bond acceptors (Lipinski definition) is 3. The molecule has 1 spiro atoms. The SMILES string of the molecule is O=C1CC[C@]2(CCCN(C(=O)NC3CCCC3)C2)CN1Cc1ccccn1. The second-order valence-electron chi connectivity index (χ2n) is 8.53. The Morgan fingerprint density at radius 2 is 2.04 bits per heavy atom. The van der Waals surface area contributed by atoms with Crippen molar-refractivity contribution in [1.29, 1.82) is 0 Å². The fourth-order valence-electron chi connectivity index (χ4n) is 4.98. The number of hydrogen-bond donors (Lipinski definition) is 1. The molecule has 0 unspecified atom stereocenters. The molecule has 146 valence electrons. The maximum atomic E-state index is 12.7. The van der Waals surface area contributed by atoms with Gasteiger partial charge in [-0.2, -0.15) is 0 Å². The Kier molecular flexibility index (Phi) is 5.32. The average molecular weight is 370 g/mol. The lowest BCUT2D eigenvalue weighted by atomic mass is 9.73. The van der Waals surface area contributed by atoms with Crippen molar-refractivity contribution in [2.24, 2.45) is 5.41 Å². The standard InChI is InChI=1S/C21H30N4O2/c26-19-9-11-21(16-25(19)14-18-8-3-4-12-22-18)10-5-13-24(15-21)20(27)23-17-6-1-2-7-17/h3-4,8,12,17H,1-2,5-7,9-11,13-16H2,(H,23,27)/t21-/m0/s1. The lowest BCUT2D eigenvalue weighted by Gasteiger charge is -2.48. The number of amides is 3. The van der Waals surface area contributed by atoms with Crippen LogP contribution in [0.2, 0.25) is 0 Å². The van der Waals surface area contributed by atoms with Crippen molar-refractivity contribution < 1.29 is 9.59 Å². The molecule has 4 rings (SSSR count). The third-order valence-electron chi connectivity index (χ3n) is 6.46. The molecule has 3 aliphatic rings. The van der Waals surface area contributed by atoms with Gasteiger partial charge in [-0.15, -0.1) is 0 Å². The van der Waals surface area contributed by atoms with Crippen LogP contribution in [-0.2, 0) is 11.3 Å². The number of carbonyl (C=O) groups excluding carboxylic acids is 2. The number of nitrogens with zero attached hydrogens (tertiary/aromatic N) is 3. The topological polar surface area (TPSA) is 65.5 Å². The van der Waals surface area contributed by atoms with E-state index >= 15 is 0 Å². The van der Waals surface area contributed by atoms with E-state index in [0.29, 0.717) is 19.0 Å². The predicted octanol–water partition coefficient (Wildman–Crippen LogP) is 2.94. The molecule has 3 fully saturated rings. The Morgan fingerprint density at radius 1 is 1.19 bits per heavy atom. The molecule has 3 amide bonds. The highest BCUT2D eigenvalue weighted by molar-refractivity contribution is 5.77. The minimum Gasteiger partial charge on any atom is -0.336 e. The first-order valence-corrected chi connectivity index (χ1v) is 10.4. The van der Waals surface area contributed by atoms with Gasteiger partial charge in [0.15, 0.2) is 0 Å². The molecule has 1 N–H and O–H groups in total. The lowest BCUT2D eigenvalue weighted by molar-refractivity contribution is -0.139. The van der Waals surface area contributed by atoms with Gasteiger partial charge in [-0.05, 0) is 44.2 Å². The van der Waals surface area contributed by atoms with Crippen molar-refractivity contribution in [1.82, 2.24) is 20.1 Å². The monoisotopic (exact) mass is 370 g/mol. The molecule has 0 radical (unpaired) electrons. The van der Waals surface area contributed by atoms with Crippen LogP contribution in [-0.4, -0.2) is 52.4 Å². The summed E-state index contributed by atoms with van der Waals surface area (Å²) in [7, 11) is 0. The molecule has 1 aliphatic carbocycles. The van der Waals surface area contributed by atoms with Crippen LogP contribution in [0.4, 0.5) is 4.79 Å². The highest BCUT2D eigenvalue weighted by atomic mass is 16.2. The third kappa shape index (κ3) is 4.25. The summed E-state index contributed by atoms with van der Waals surface area (Å²) in [6.45, 7) is 2.89. The number of pyridine rings is 1. The number of likely N-dealkylation sites (tertiary alicyclic amines) is 2. The molecule has 2 aliphatic heterocycles. The Bertz CT molecular complexity index is 674. The van der Waals surface area contributed by atoms with E-state index in [0.717, 1.165) is 57.4 Å². The fraction of sp³-hybridized carbons (Fsp3) is 0.667. The molecule has 1 atom stereocenters. The summed E-state index contributed by atoms with van der Waals surface area (Å²) in [6.07, 6.45) is 10.0. The van der Waals surface area contributed by atoms with Crippen molar-refractivity contribution >= 4 is 11.9 Å². The second kappa shape index (κ2) is 7.87. The Hall–Kier alpha value is -2.11. The Morgan fingerprint density at radius 3 is 2.81 bits per heavy atom. The molecule has 6 nitrogen and oxygen atoms in total.